The Morgan fingerprint density at radius 3 is 2.62 bits per heavy atom. The van der Waals surface area contributed by atoms with Gasteiger partial charge >= 0.3 is 0 Å². The van der Waals surface area contributed by atoms with E-state index < -0.39 is 0 Å². The highest BCUT2D eigenvalue weighted by Crippen LogP contribution is 2.31. The zero-order chi connectivity index (χ0) is 18.5. The van der Waals surface area contributed by atoms with Crippen LogP contribution in [0.15, 0.2) is 42.7 Å². The molecule has 0 spiro atoms. The zero-order valence-electron chi connectivity index (χ0n) is 15.6. The third-order valence-corrected chi connectivity index (χ3v) is 4.30. The van der Waals surface area contributed by atoms with Crippen molar-refractivity contribution in [2.24, 2.45) is 5.92 Å². The van der Waals surface area contributed by atoms with Crippen LogP contribution < -0.4 is 15.8 Å². The summed E-state index contributed by atoms with van der Waals surface area (Å²) < 4.78 is 5.62. The Kier molecular flexibility index (Phi) is 5.56. The van der Waals surface area contributed by atoms with E-state index in [4.69, 9.17) is 10.5 Å². The molecule has 5 nitrogen and oxygen atoms in total. The van der Waals surface area contributed by atoms with Gasteiger partial charge in [0, 0.05) is 11.9 Å². The fourth-order valence-corrected chi connectivity index (χ4v) is 2.85. The van der Waals surface area contributed by atoms with E-state index in [1.807, 2.05) is 31.2 Å². The van der Waals surface area contributed by atoms with Gasteiger partial charge in [0.1, 0.15) is 17.9 Å². The second kappa shape index (κ2) is 8.04. The molecule has 0 aliphatic rings. The number of hydrogen-bond acceptors (Lipinski definition) is 5. The third-order valence-electron chi connectivity index (χ3n) is 4.30. The standard InChI is InChI=1S/C21H26N4O/c1-4-26-20-12-16(5-7-18(20)22)15-6-8-19-17(11-15)21(25-13-24-19)23-10-9-14(2)3/h5-8,11-14H,4,9-10,22H2,1-3H3,(H,23,24,25). The van der Waals surface area contributed by atoms with Crippen molar-refractivity contribution in [1.29, 1.82) is 0 Å². The van der Waals surface area contributed by atoms with Crippen LogP contribution in [0.2, 0.25) is 0 Å². The Bertz CT molecular complexity index is 892. The molecule has 1 heterocycles. The van der Waals surface area contributed by atoms with Gasteiger partial charge in [-0.2, -0.15) is 0 Å². The highest BCUT2D eigenvalue weighted by atomic mass is 16.5. The predicted molar refractivity (Wildman–Crippen MR) is 109 cm³/mol. The number of ether oxygens (including phenoxy) is 1. The first-order chi connectivity index (χ1) is 12.6. The minimum atomic E-state index is 0.586. The Hall–Kier alpha value is -2.82. The Balaban J connectivity index is 1.96. The SMILES string of the molecule is CCOc1cc(-c2ccc3ncnc(NCCC(C)C)c3c2)ccc1N. The van der Waals surface area contributed by atoms with Crippen LogP contribution in [0.1, 0.15) is 27.2 Å². The molecule has 0 unspecified atom stereocenters. The Labute approximate surface area is 154 Å². The van der Waals surface area contributed by atoms with Crippen LogP contribution in [0.3, 0.4) is 0 Å². The lowest BCUT2D eigenvalue weighted by Gasteiger charge is -2.12. The van der Waals surface area contributed by atoms with Crippen molar-refractivity contribution in [3.05, 3.63) is 42.7 Å². The summed E-state index contributed by atoms with van der Waals surface area (Å²) in [6.07, 6.45) is 2.71. The molecule has 3 rings (SSSR count). The first kappa shape index (κ1) is 18.0. The van der Waals surface area contributed by atoms with Crippen molar-refractivity contribution in [2.75, 3.05) is 24.2 Å². The molecule has 3 aromatic rings. The van der Waals surface area contributed by atoms with E-state index in [2.05, 4.69) is 41.3 Å². The summed E-state index contributed by atoms with van der Waals surface area (Å²) in [6, 6.07) is 12.1. The molecule has 0 amide bonds. The average Bonchev–Trinajstić information content (AvgIpc) is 2.63. The lowest BCUT2D eigenvalue weighted by Crippen LogP contribution is -2.06. The summed E-state index contributed by atoms with van der Waals surface area (Å²) in [5, 5.41) is 4.46. The molecule has 3 N–H and O–H groups in total. The van der Waals surface area contributed by atoms with Crippen molar-refractivity contribution >= 4 is 22.4 Å². The number of anilines is 2. The first-order valence-electron chi connectivity index (χ1n) is 9.09. The van der Waals surface area contributed by atoms with Crippen molar-refractivity contribution in [2.45, 2.75) is 27.2 Å². The van der Waals surface area contributed by atoms with E-state index in [-0.39, 0.29) is 0 Å². The normalized spacial score (nSPS) is 11.1. The molecule has 2 aromatic carbocycles. The Morgan fingerprint density at radius 2 is 1.85 bits per heavy atom. The molecule has 0 aliphatic heterocycles. The maximum absolute atomic E-state index is 5.99. The van der Waals surface area contributed by atoms with Gasteiger partial charge in [0.15, 0.2) is 0 Å². The van der Waals surface area contributed by atoms with Crippen LogP contribution in [0.25, 0.3) is 22.0 Å². The molecule has 0 aliphatic carbocycles. The van der Waals surface area contributed by atoms with Gasteiger partial charge in [0.05, 0.1) is 17.8 Å². The summed E-state index contributed by atoms with van der Waals surface area (Å²) in [6.45, 7) is 7.87. The maximum atomic E-state index is 5.99. The molecule has 0 fully saturated rings. The molecule has 0 saturated carbocycles. The quantitative estimate of drug-likeness (QED) is 0.602. The van der Waals surface area contributed by atoms with Crippen LogP contribution in [0, 0.1) is 5.92 Å². The smallest absolute Gasteiger partial charge is 0.142 e. The summed E-state index contributed by atoms with van der Waals surface area (Å²) in [7, 11) is 0. The number of hydrogen-bond donors (Lipinski definition) is 2. The summed E-state index contributed by atoms with van der Waals surface area (Å²) in [4.78, 5) is 8.82. The second-order valence-electron chi connectivity index (χ2n) is 6.75. The molecule has 0 atom stereocenters. The third kappa shape index (κ3) is 4.04. The van der Waals surface area contributed by atoms with E-state index in [9.17, 15) is 0 Å². The fourth-order valence-electron chi connectivity index (χ4n) is 2.85. The largest absolute Gasteiger partial charge is 0.492 e. The number of fused-ring (bicyclic) bond motifs is 1. The van der Waals surface area contributed by atoms with E-state index in [1.165, 1.54) is 0 Å². The van der Waals surface area contributed by atoms with Gasteiger partial charge < -0.3 is 15.8 Å². The number of aromatic nitrogens is 2. The van der Waals surface area contributed by atoms with E-state index >= 15 is 0 Å². The van der Waals surface area contributed by atoms with Gasteiger partial charge in [-0.1, -0.05) is 26.0 Å². The molecule has 136 valence electrons. The summed E-state index contributed by atoms with van der Waals surface area (Å²) in [5.74, 6) is 2.24. The zero-order valence-corrected chi connectivity index (χ0v) is 15.6. The number of nitrogens with one attached hydrogen (secondary N) is 1. The Morgan fingerprint density at radius 1 is 1.08 bits per heavy atom. The molecule has 1 aromatic heterocycles. The minimum Gasteiger partial charge on any atom is -0.492 e. The van der Waals surface area contributed by atoms with Gasteiger partial charge in [-0.05, 0) is 54.7 Å². The van der Waals surface area contributed by atoms with Crippen molar-refractivity contribution < 1.29 is 4.74 Å². The molecule has 0 radical (unpaired) electrons. The van der Waals surface area contributed by atoms with Crippen LogP contribution in [0.4, 0.5) is 11.5 Å². The molecular weight excluding hydrogens is 324 g/mol. The monoisotopic (exact) mass is 350 g/mol. The second-order valence-corrected chi connectivity index (χ2v) is 6.75. The van der Waals surface area contributed by atoms with E-state index in [0.717, 1.165) is 40.8 Å². The van der Waals surface area contributed by atoms with Crippen LogP contribution in [-0.4, -0.2) is 23.1 Å². The number of benzene rings is 2. The topological polar surface area (TPSA) is 73.1 Å². The number of nitrogens with zero attached hydrogens (tertiary/aromatic N) is 2. The molecule has 0 saturated heterocycles. The van der Waals surface area contributed by atoms with Crippen LogP contribution in [0.5, 0.6) is 5.75 Å². The van der Waals surface area contributed by atoms with Gasteiger partial charge in [-0.15, -0.1) is 0 Å². The molecule has 0 bridgehead atoms. The predicted octanol–water partition coefficient (Wildman–Crippen LogP) is 4.74. The number of nitrogen functional groups attached to an aromatic ring is 1. The van der Waals surface area contributed by atoms with Gasteiger partial charge in [-0.25, -0.2) is 9.97 Å². The van der Waals surface area contributed by atoms with Gasteiger partial charge in [-0.3, -0.25) is 0 Å². The van der Waals surface area contributed by atoms with Crippen molar-refractivity contribution in [3.8, 4) is 16.9 Å². The highest BCUT2D eigenvalue weighted by molar-refractivity contribution is 5.92. The number of rotatable bonds is 7. The van der Waals surface area contributed by atoms with Gasteiger partial charge in [0.2, 0.25) is 0 Å². The van der Waals surface area contributed by atoms with Gasteiger partial charge in [0.25, 0.3) is 0 Å². The van der Waals surface area contributed by atoms with Crippen molar-refractivity contribution in [3.63, 3.8) is 0 Å². The van der Waals surface area contributed by atoms with Crippen LogP contribution in [-0.2, 0) is 0 Å². The maximum Gasteiger partial charge on any atom is 0.142 e. The van der Waals surface area contributed by atoms with Crippen LogP contribution >= 0.6 is 0 Å². The van der Waals surface area contributed by atoms with E-state index in [1.54, 1.807) is 6.33 Å². The highest BCUT2D eigenvalue weighted by Gasteiger charge is 2.08. The fraction of sp³-hybridized carbons (Fsp3) is 0.333. The summed E-state index contributed by atoms with van der Waals surface area (Å²) >= 11 is 0. The van der Waals surface area contributed by atoms with Crippen molar-refractivity contribution in [1.82, 2.24) is 9.97 Å². The van der Waals surface area contributed by atoms with E-state index in [0.29, 0.717) is 24.0 Å². The first-order valence-corrected chi connectivity index (χ1v) is 9.09. The lowest BCUT2D eigenvalue weighted by molar-refractivity contribution is 0.342. The molecule has 5 heteroatoms. The number of nitrogens with two attached hydrogens (primary N) is 1. The average molecular weight is 350 g/mol. The lowest BCUT2D eigenvalue weighted by atomic mass is 10.0. The summed E-state index contributed by atoms with van der Waals surface area (Å²) in [5.41, 5.74) is 9.71. The molecular formula is C21H26N4O. The minimum absolute atomic E-state index is 0.586. The molecule has 26 heavy (non-hydrogen) atoms.